The first kappa shape index (κ1) is 21.9. The number of amides is 4. The van der Waals surface area contributed by atoms with Crippen molar-refractivity contribution in [2.45, 2.75) is 58.7 Å². The standard InChI is InChI=1S/C21H32N4O3/c1-15(18(26)23-20(28)24-21(2,3)4)25-12-10-17(11-13-25)19(27)22-14-16-8-6-5-7-9-16/h5-9,15,17H,10-14H2,1-4H3,(H,22,27)(H2,23,24,26,28). The Bertz CT molecular complexity index is 677. The van der Waals surface area contributed by atoms with Gasteiger partial charge in [-0.05, 0) is 59.2 Å². The van der Waals surface area contributed by atoms with Gasteiger partial charge < -0.3 is 10.6 Å². The lowest BCUT2D eigenvalue weighted by Gasteiger charge is -2.34. The van der Waals surface area contributed by atoms with Crippen molar-refractivity contribution < 1.29 is 14.4 Å². The molecular formula is C21H32N4O3. The second-order valence-electron chi connectivity index (χ2n) is 8.38. The molecule has 4 amide bonds. The Kier molecular flexibility index (Phi) is 7.57. The Morgan fingerprint density at radius 1 is 1.11 bits per heavy atom. The van der Waals surface area contributed by atoms with Crippen LogP contribution in [0.5, 0.6) is 0 Å². The van der Waals surface area contributed by atoms with Gasteiger partial charge in [-0.3, -0.25) is 19.8 Å². The largest absolute Gasteiger partial charge is 0.352 e. The summed E-state index contributed by atoms with van der Waals surface area (Å²) in [7, 11) is 0. The molecule has 154 valence electrons. The van der Waals surface area contributed by atoms with Crippen LogP contribution in [0.25, 0.3) is 0 Å². The Morgan fingerprint density at radius 3 is 2.29 bits per heavy atom. The Labute approximate surface area is 167 Å². The molecule has 2 rings (SSSR count). The lowest BCUT2D eigenvalue weighted by molar-refractivity contribution is -0.128. The van der Waals surface area contributed by atoms with E-state index in [9.17, 15) is 14.4 Å². The van der Waals surface area contributed by atoms with E-state index in [2.05, 4.69) is 16.0 Å². The van der Waals surface area contributed by atoms with Crippen LogP contribution in [0.15, 0.2) is 30.3 Å². The quantitative estimate of drug-likeness (QED) is 0.720. The van der Waals surface area contributed by atoms with Crippen molar-refractivity contribution in [3.05, 3.63) is 35.9 Å². The molecule has 0 aromatic heterocycles. The molecule has 7 heteroatoms. The molecule has 3 N–H and O–H groups in total. The molecule has 1 fully saturated rings. The summed E-state index contributed by atoms with van der Waals surface area (Å²) in [5.41, 5.74) is 0.672. The number of nitrogens with zero attached hydrogens (tertiary/aromatic N) is 1. The van der Waals surface area contributed by atoms with E-state index in [0.29, 0.717) is 32.5 Å². The minimum absolute atomic E-state index is 0.0422. The van der Waals surface area contributed by atoms with E-state index in [1.807, 2.05) is 56.0 Å². The monoisotopic (exact) mass is 388 g/mol. The maximum atomic E-state index is 12.4. The Hall–Kier alpha value is -2.41. The average Bonchev–Trinajstić information content (AvgIpc) is 2.64. The van der Waals surface area contributed by atoms with Crippen LogP contribution in [-0.2, 0) is 16.1 Å². The van der Waals surface area contributed by atoms with Crippen LogP contribution in [0.3, 0.4) is 0 Å². The number of piperidine rings is 1. The fraction of sp³-hybridized carbons (Fsp3) is 0.571. The number of likely N-dealkylation sites (tertiary alicyclic amines) is 1. The molecule has 1 saturated heterocycles. The molecule has 1 aliphatic heterocycles. The smallest absolute Gasteiger partial charge is 0.321 e. The number of nitrogens with one attached hydrogen (secondary N) is 3. The van der Waals surface area contributed by atoms with Gasteiger partial charge in [0, 0.05) is 18.0 Å². The number of carbonyl (C=O) groups is 3. The molecule has 0 bridgehead atoms. The highest BCUT2D eigenvalue weighted by Gasteiger charge is 2.30. The van der Waals surface area contributed by atoms with Crippen LogP contribution in [0.1, 0.15) is 46.1 Å². The Morgan fingerprint density at radius 2 is 1.71 bits per heavy atom. The van der Waals surface area contributed by atoms with Crippen molar-refractivity contribution in [2.75, 3.05) is 13.1 Å². The average molecular weight is 389 g/mol. The molecule has 1 aromatic carbocycles. The van der Waals surface area contributed by atoms with Crippen LogP contribution in [0.4, 0.5) is 4.79 Å². The van der Waals surface area contributed by atoms with Gasteiger partial charge in [-0.1, -0.05) is 30.3 Å². The van der Waals surface area contributed by atoms with Crippen molar-refractivity contribution in [2.24, 2.45) is 5.92 Å². The van der Waals surface area contributed by atoms with Crippen LogP contribution in [0, 0.1) is 5.92 Å². The summed E-state index contributed by atoms with van der Waals surface area (Å²) in [6.45, 7) is 9.19. The predicted octanol–water partition coefficient (Wildman–Crippen LogP) is 2.03. The van der Waals surface area contributed by atoms with E-state index < -0.39 is 17.6 Å². The third kappa shape index (κ3) is 6.96. The molecule has 1 atom stereocenters. The molecule has 1 unspecified atom stereocenters. The molecule has 28 heavy (non-hydrogen) atoms. The fourth-order valence-corrected chi connectivity index (χ4v) is 3.23. The van der Waals surface area contributed by atoms with E-state index in [4.69, 9.17) is 0 Å². The van der Waals surface area contributed by atoms with Crippen LogP contribution in [-0.4, -0.2) is 47.4 Å². The van der Waals surface area contributed by atoms with E-state index in [-0.39, 0.29) is 17.7 Å². The normalized spacial score (nSPS) is 16.9. The van der Waals surface area contributed by atoms with E-state index in [1.54, 1.807) is 6.92 Å². The van der Waals surface area contributed by atoms with Crippen LogP contribution >= 0.6 is 0 Å². The van der Waals surface area contributed by atoms with E-state index in [0.717, 1.165) is 5.56 Å². The lowest BCUT2D eigenvalue weighted by atomic mass is 9.95. The highest BCUT2D eigenvalue weighted by molar-refractivity contribution is 5.97. The van der Waals surface area contributed by atoms with Gasteiger partial charge in [-0.2, -0.15) is 0 Å². The number of hydrogen-bond acceptors (Lipinski definition) is 4. The number of imide groups is 1. The summed E-state index contributed by atoms with van der Waals surface area (Å²) < 4.78 is 0. The number of carbonyl (C=O) groups excluding carboxylic acids is 3. The summed E-state index contributed by atoms with van der Waals surface area (Å²) in [4.78, 5) is 38.6. The lowest BCUT2D eigenvalue weighted by Crippen LogP contribution is -2.54. The summed E-state index contributed by atoms with van der Waals surface area (Å²) in [6.07, 6.45) is 1.40. The van der Waals surface area contributed by atoms with Crippen molar-refractivity contribution in [1.82, 2.24) is 20.9 Å². The number of hydrogen-bond donors (Lipinski definition) is 3. The molecule has 0 radical (unpaired) electrons. The van der Waals surface area contributed by atoms with Gasteiger partial charge in [0.2, 0.25) is 11.8 Å². The molecular weight excluding hydrogens is 356 g/mol. The summed E-state index contributed by atoms with van der Waals surface area (Å²) >= 11 is 0. The minimum Gasteiger partial charge on any atom is -0.352 e. The first-order chi connectivity index (χ1) is 13.2. The first-order valence-electron chi connectivity index (χ1n) is 9.84. The van der Waals surface area contributed by atoms with Gasteiger partial charge in [-0.25, -0.2) is 4.79 Å². The van der Waals surface area contributed by atoms with Crippen LogP contribution in [0.2, 0.25) is 0 Å². The SMILES string of the molecule is CC(C(=O)NC(=O)NC(C)(C)C)N1CCC(C(=O)NCc2ccccc2)CC1. The number of urea groups is 1. The summed E-state index contributed by atoms with van der Waals surface area (Å²) in [5.74, 6) is -0.307. The highest BCUT2D eigenvalue weighted by Crippen LogP contribution is 2.19. The predicted molar refractivity (Wildman–Crippen MR) is 108 cm³/mol. The summed E-state index contributed by atoms with van der Waals surface area (Å²) in [5, 5.41) is 8.10. The molecule has 0 saturated carbocycles. The highest BCUT2D eigenvalue weighted by atomic mass is 16.2. The molecule has 1 heterocycles. The zero-order valence-corrected chi connectivity index (χ0v) is 17.2. The zero-order chi connectivity index (χ0) is 20.7. The van der Waals surface area contributed by atoms with Crippen molar-refractivity contribution in [1.29, 1.82) is 0 Å². The van der Waals surface area contributed by atoms with Gasteiger partial charge in [0.15, 0.2) is 0 Å². The molecule has 1 aliphatic rings. The van der Waals surface area contributed by atoms with Gasteiger partial charge in [0.05, 0.1) is 6.04 Å². The van der Waals surface area contributed by atoms with Crippen LogP contribution < -0.4 is 16.0 Å². The van der Waals surface area contributed by atoms with Gasteiger partial charge in [0.25, 0.3) is 0 Å². The van der Waals surface area contributed by atoms with Crippen molar-refractivity contribution in [3.63, 3.8) is 0 Å². The topological polar surface area (TPSA) is 90.5 Å². The van der Waals surface area contributed by atoms with Gasteiger partial charge in [0.1, 0.15) is 0 Å². The van der Waals surface area contributed by atoms with Gasteiger partial charge >= 0.3 is 6.03 Å². The van der Waals surface area contributed by atoms with Crippen molar-refractivity contribution >= 4 is 17.8 Å². The van der Waals surface area contributed by atoms with E-state index >= 15 is 0 Å². The van der Waals surface area contributed by atoms with E-state index in [1.165, 1.54) is 0 Å². The maximum absolute atomic E-state index is 12.4. The Balaban J connectivity index is 1.75. The third-order valence-corrected chi connectivity index (χ3v) is 4.86. The van der Waals surface area contributed by atoms with Crippen molar-refractivity contribution in [3.8, 4) is 0 Å². The third-order valence-electron chi connectivity index (χ3n) is 4.86. The first-order valence-corrected chi connectivity index (χ1v) is 9.84. The number of benzene rings is 1. The zero-order valence-electron chi connectivity index (χ0n) is 17.2. The molecule has 1 aromatic rings. The minimum atomic E-state index is -0.487. The number of rotatable bonds is 5. The molecule has 7 nitrogen and oxygen atoms in total. The fourth-order valence-electron chi connectivity index (χ4n) is 3.23. The maximum Gasteiger partial charge on any atom is 0.321 e. The second kappa shape index (κ2) is 9.68. The molecule has 0 aliphatic carbocycles. The second-order valence-corrected chi connectivity index (χ2v) is 8.38. The summed E-state index contributed by atoms with van der Waals surface area (Å²) in [6, 6.07) is 8.92. The molecule has 0 spiro atoms. The van der Waals surface area contributed by atoms with Gasteiger partial charge in [-0.15, -0.1) is 0 Å².